The van der Waals surface area contributed by atoms with Gasteiger partial charge in [-0.3, -0.25) is 4.79 Å². The van der Waals surface area contributed by atoms with Crippen LogP contribution in [0.5, 0.6) is 0 Å². The van der Waals surface area contributed by atoms with E-state index in [0.717, 1.165) is 36.9 Å². The minimum atomic E-state index is 0.186. The van der Waals surface area contributed by atoms with E-state index in [1.54, 1.807) is 0 Å². The third kappa shape index (κ3) is 4.31. The lowest BCUT2D eigenvalue weighted by Gasteiger charge is -2.31. The third-order valence-electron chi connectivity index (χ3n) is 4.32. The van der Waals surface area contributed by atoms with Crippen molar-refractivity contribution in [2.45, 2.75) is 58.5 Å². The first-order valence-electron chi connectivity index (χ1n) is 8.21. The first kappa shape index (κ1) is 16.0. The normalized spacial score (nSPS) is 19.6. The summed E-state index contributed by atoms with van der Waals surface area (Å²) in [6, 6.07) is 8.16. The zero-order chi connectivity index (χ0) is 15.2. The molecule has 0 bridgehead atoms. The number of amides is 1. The average Bonchev–Trinajstić information content (AvgIpc) is 2.71. The predicted octanol–water partition coefficient (Wildman–Crippen LogP) is 3.58. The smallest absolute Gasteiger partial charge is 0.254 e. The average molecular weight is 288 g/mol. The fourth-order valence-electron chi connectivity index (χ4n) is 3.18. The lowest BCUT2D eigenvalue weighted by Crippen LogP contribution is -2.40. The van der Waals surface area contributed by atoms with Gasteiger partial charge in [-0.25, -0.2) is 0 Å². The van der Waals surface area contributed by atoms with Crippen molar-refractivity contribution in [2.24, 2.45) is 11.7 Å². The van der Waals surface area contributed by atoms with Crippen LogP contribution in [-0.4, -0.2) is 23.4 Å². The Bertz CT molecular complexity index is 453. The predicted molar refractivity (Wildman–Crippen MR) is 87.1 cm³/mol. The summed E-state index contributed by atoms with van der Waals surface area (Å²) in [5.74, 6) is 0.814. The lowest BCUT2D eigenvalue weighted by atomic mass is 9.98. The lowest BCUT2D eigenvalue weighted by molar-refractivity contribution is 0.0661. The number of hydrogen-bond acceptors (Lipinski definition) is 2. The zero-order valence-electron chi connectivity index (χ0n) is 13.3. The maximum Gasteiger partial charge on any atom is 0.254 e. The van der Waals surface area contributed by atoms with E-state index in [1.165, 1.54) is 12.8 Å². The van der Waals surface area contributed by atoms with E-state index in [-0.39, 0.29) is 5.91 Å². The van der Waals surface area contributed by atoms with E-state index >= 15 is 0 Å². The molecule has 0 radical (unpaired) electrons. The number of nitrogens with zero attached hydrogens (tertiary/aromatic N) is 1. The maximum absolute atomic E-state index is 12.8. The topological polar surface area (TPSA) is 46.3 Å². The van der Waals surface area contributed by atoms with Crippen molar-refractivity contribution in [3.63, 3.8) is 0 Å². The number of hydrogen-bond donors (Lipinski definition) is 1. The Kier molecular flexibility index (Phi) is 5.80. The fourth-order valence-corrected chi connectivity index (χ4v) is 3.18. The molecule has 2 rings (SSSR count). The number of carbonyl (C=O) groups is 1. The van der Waals surface area contributed by atoms with E-state index in [1.807, 2.05) is 24.3 Å². The minimum Gasteiger partial charge on any atom is -0.336 e. The summed E-state index contributed by atoms with van der Waals surface area (Å²) >= 11 is 0. The summed E-state index contributed by atoms with van der Waals surface area (Å²) in [7, 11) is 0. The molecule has 1 fully saturated rings. The largest absolute Gasteiger partial charge is 0.336 e. The van der Waals surface area contributed by atoms with Gasteiger partial charge in [-0.05, 0) is 42.9 Å². The van der Waals surface area contributed by atoms with Gasteiger partial charge in [0, 0.05) is 24.7 Å². The van der Waals surface area contributed by atoms with Crippen molar-refractivity contribution in [2.75, 3.05) is 6.54 Å². The highest BCUT2D eigenvalue weighted by Crippen LogP contribution is 2.24. The van der Waals surface area contributed by atoms with E-state index in [2.05, 4.69) is 18.7 Å². The molecule has 2 N–H and O–H groups in total. The summed E-state index contributed by atoms with van der Waals surface area (Å²) < 4.78 is 0. The molecule has 1 aliphatic rings. The van der Waals surface area contributed by atoms with Crippen molar-refractivity contribution in [1.82, 2.24) is 4.90 Å². The summed E-state index contributed by atoms with van der Waals surface area (Å²) in [4.78, 5) is 15.0. The molecule has 3 heteroatoms. The van der Waals surface area contributed by atoms with Crippen LogP contribution >= 0.6 is 0 Å². The van der Waals surface area contributed by atoms with Gasteiger partial charge in [0.25, 0.3) is 5.91 Å². The van der Waals surface area contributed by atoms with Gasteiger partial charge in [-0.15, -0.1) is 0 Å². The van der Waals surface area contributed by atoms with Crippen molar-refractivity contribution in [1.29, 1.82) is 0 Å². The highest BCUT2D eigenvalue weighted by atomic mass is 16.2. The van der Waals surface area contributed by atoms with Crippen LogP contribution in [0, 0.1) is 5.92 Å². The molecule has 116 valence electrons. The number of carbonyl (C=O) groups excluding carboxylic acids is 1. The number of nitrogens with two attached hydrogens (primary N) is 1. The molecule has 0 spiro atoms. The first-order chi connectivity index (χ1) is 10.1. The molecule has 1 aromatic carbocycles. The van der Waals surface area contributed by atoms with Crippen LogP contribution in [0.4, 0.5) is 0 Å². The first-order valence-corrected chi connectivity index (χ1v) is 8.21. The second-order valence-corrected chi connectivity index (χ2v) is 6.53. The monoisotopic (exact) mass is 288 g/mol. The molecular weight excluding hydrogens is 260 g/mol. The van der Waals surface area contributed by atoms with Gasteiger partial charge in [0.05, 0.1) is 0 Å². The standard InChI is InChI=1S/C18H28N2O/c1-14(2)12-17-6-4-3-5-11-20(17)18(21)16-9-7-15(13-19)8-10-16/h7-10,14,17H,3-6,11-13,19H2,1-2H3. The fraction of sp³-hybridized carbons (Fsp3) is 0.611. The van der Waals surface area contributed by atoms with E-state index in [9.17, 15) is 4.79 Å². The second kappa shape index (κ2) is 7.60. The summed E-state index contributed by atoms with van der Waals surface area (Å²) in [5.41, 5.74) is 7.49. The van der Waals surface area contributed by atoms with Crippen LogP contribution in [-0.2, 0) is 6.54 Å². The number of rotatable bonds is 4. The molecule has 0 aliphatic carbocycles. The molecule has 21 heavy (non-hydrogen) atoms. The molecule has 1 saturated heterocycles. The van der Waals surface area contributed by atoms with Gasteiger partial charge in [-0.2, -0.15) is 0 Å². The van der Waals surface area contributed by atoms with Gasteiger partial charge in [0.2, 0.25) is 0 Å². The Morgan fingerprint density at radius 2 is 1.95 bits per heavy atom. The number of likely N-dealkylation sites (tertiary alicyclic amines) is 1. The van der Waals surface area contributed by atoms with Crippen LogP contribution in [0.25, 0.3) is 0 Å². The minimum absolute atomic E-state index is 0.186. The second-order valence-electron chi connectivity index (χ2n) is 6.53. The summed E-state index contributed by atoms with van der Waals surface area (Å²) in [6.45, 7) is 5.90. The molecule has 1 amide bonds. The SMILES string of the molecule is CC(C)CC1CCCCCN1C(=O)c1ccc(CN)cc1. The summed E-state index contributed by atoms with van der Waals surface area (Å²) in [6.07, 6.45) is 5.86. The van der Waals surface area contributed by atoms with E-state index in [0.29, 0.717) is 18.5 Å². The Morgan fingerprint density at radius 1 is 1.24 bits per heavy atom. The zero-order valence-corrected chi connectivity index (χ0v) is 13.3. The Morgan fingerprint density at radius 3 is 2.57 bits per heavy atom. The highest BCUT2D eigenvalue weighted by Gasteiger charge is 2.26. The van der Waals surface area contributed by atoms with Crippen molar-refractivity contribution in [3.8, 4) is 0 Å². The molecule has 1 atom stereocenters. The van der Waals surface area contributed by atoms with Crippen molar-refractivity contribution in [3.05, 3.63) is 35.4 Å². The Labute approximate surface area is 128 Å². The van der Waals surface area contributed by atoms with Gasteiger partial charge in [-0.1, -0.05) is 38.8 Å². The maximum atomic E-state index is 12.8. The molecular formula is C18H28N2O. The Hall–Kier alpha value is -1.35. The number of benzene rings is 1. The van der Waals surface area contributed by atoms with Crippen molar-refractivity contribution < 1.29 is 4.79 Å². The van der Waals surface area contributed by atoms with Crippen LogP contribution in [0.3, 0.4) is 0 Å². The molecule has 0 aromatic heterocycles. The molecule has 1 unspecified atom stereocenters. The van der Waals surface area contributed by atoms with E-state index in [4.69, 9.17) is 5.73 Å². The van der Waals surface area contributed by atoms with Gasteiger partial charge in [0.1, 0.15) is 0 Å². The highest BCUT2D eigenvalue weighted by molar-refractivity contribution is 5.94. The third-order valence-corrected chi connectivity index (χ3v) is 4.32. The van der Waals surface area contributed by atoms with Gasteiger partial charge < -0.3 is 10.6 Å². The quantitative estimate of drug-likeness (QED) is 0.920. The molecule has 3 nitrogen and oxygen atoms in total. The van der Waals surface area contributed by atoms with Crippen LogP contribution in [0.15, 0.2) is 24.3 Å². The van der Waals surface area contributed by atoms with Crippen LogP contribution in [0.1, 0.15) is 61.9 Å². The van der Waals surface area contributed by atoms with E-state index < -0.39 is 0 Å². The molecule has 1 aromatic rings. The molecule has 0 saturated carbocycles. The van der Waals surface area contributed by atoms with Crippen LogP contribution in [0.2, 0.25) is 0 Å². The summed E-state index contributed by atoms with van der Waals surface area (Å²) in [5, 5.41) is 0. The Balaban J connectivity index is 2.15. The van der Waals surface area contributed by atoms with Gasteiger partial charge in [0.15, 0.2) is 0 Å². The van der Waals surface area contributed by atoms with Crippen molar-refractivity contribution >= 4 is 5.91 Å². The molecule has 1 heterocycles. The van der Waals surface area contributed by atoms with Crippen LogP contribution < -0.4 is 5.73 Å². The molecule has 1 aliphatic heterocycles. The van der Waals surface area contributed by atoms with Gasteiger partial charge >= 0.3 is 0 Å².